The third-order valence-electron chi connectivity index (χ3n) is 13.3. The normalized spacial score (nSPS) is 8.89. The van der Waals surface area contributed by atoms with Gasteiger partial charge in [0.25, 0.3) is 0 Å². The maximum absolute atomic E-state index is 4.48. The van der Waals surface area contributed by atoms with Gasteiger partial charge in [-0.1, -0.05) is 358 Å². The molecule has 0 unspecified atom stereocenters. The van der Waals surface area contributed by atoms with Gasteiger partial charge in [-0.25, -0.2) is 9.97 Å². The lowest BCUT2D eigenvalue weighted by atomic mass is 10.0. The lowest BCUT2D eigenvalue weighted by Crippen LogP contribution is -1.91. The maximum Gasteiger partial charge on any atom is 0.159 e. The molecule has 0 saturated heterocycles. The highest BCUT2D eigenvalue weighted by Crippen LogP contribution is 2.22. The fraction of sp³-hybridized carbons (Fsp3) is 0.437. The molecule has 7 aromatic carbocycles. The van der Waals surface area contributed by atoms with Crippen LogP contribution in [0.3, 0.4) is 0 Å². The number of rotatable bonds is 13. The van der Waals surface area contributed by atoms with E-state index in [2.05, 4.69) is 254 Å². The predicted octanol–water partition coefficient (Wildman–Crippen LogP) is 27.6. The number of hydrogen-bond donors (Lipinski definition) is 0. The summed E-state index contributed by atoms with van der Waals surface area (Å²) >= 11 is 0. The summed E-state index contributed by atoms with van der Waals surface area (Å²) in [5.74, 6) is 0.805. The Morgan fingerprint density at radius 3 is 0.644 bits per heavy atom. The fourth-order valence-corrected chi connectivity index (χ4v) is 7.95. The van der Waals surface area contributed by atoms with E-state index in [-0.39, 0.29) is 0 Å². The summed E-state index contributed by atoms with van der Waals surface area (Å²) in [6.07, 6.45) is 16.7. The second-order valence-corrected chi connectivity index (χ2v) is 18.1. The monoisotopic (exact) mass is 1220 g/mol. The summed E-state index contributed by atoms with van der Waals surface area (Å²) in [4.78, 5) is 13.2. The standard InChI is InChI=1S/C16H18.C15H17N.C14H16N2.C14H16.C10H14.9C2H6/c1-3-13-5-9-15(10-6-13)16-11-7-14(4-2)8-12-16;1-3-12-5-8-14(9-6-12)15-10-7-13(4-2)11-16-15;1-3-11-5-7-13(8-6-11)14-15-9-12(4-2)10-16-14;1-3-11-5-7-14-10-12(4-2)6-8-13(14)9-11;1-3-9-5-7-10(4-2)8-6-9;9*1-2/h5-12H,3-4H2,1-2H3;5-11H,3-4H2,1-2H3;5-10H,3-4H2,1-2H3;5-10H,3-4H2,1-2H3;5-8H,3-4H2,1-2H3;9*1-2H3. The van der Waals surface area contributed by atoms with Crippen LogP contribution in [0.1, 0.15) is 249 Å². The molecule has 9 rings (SSSR count). The highest BCUT2D eigenvalue weighted by molar-refractivity contribution is 5.83. The summed E-state index contributed by atoms with van der Waals surface area (Å²) < 4.78 is 0. The van der Waals surface area contributed by atoms with E-state index >= 15 is 0 Å². The van der Waals surface area contributed by atoms with Crippen molar-refractivity contribution in [1.82, 2.24) is 15.0 Å². The van der Waals surface area contributed by atoms with Crippen molar-refractivity contribution in [3.63, 3.8) is 0 Å². The molecule has 0 N–H and O–H groups in total. The molecule has 0 saturated carbocycles. The van der Waals surface area contributed by atoms with Gasteiger partial charge in [-0.2, -0.15) is 0 Å². The Bertz CT molecular complexity index is 2460. The largest absolute Gasteiger partial charge is 0.256 e. The van der Waals surface area contributed by atoms with Gasteiger partial charge in [0.1, 0.15) is 0 Å². The van der Waals surface area contributed by atoms with Gasteiger partial charge in [0.15, 0.2) is 5.82 Å². The Kier molecular flexibility index (Phi) is 66.3. The number of fused-ring (bicyclic) bond motifs is 1. The van der Waals surface area contributed by atoms with Crippen molar-refractivity contribution in [3.8, 4) is 33.8 Å². The van der Waals surface area contributed by atoms with Crippen LogP contribution in [0.4, 0.5) is 0 Å². The zero-order valence-corrected chi connectivity index (χ0v) is 63.3. The maximum atomic E-state index is 4.48. The van der Waals surface area contributed by atoms with Gasteiger partial charge in [0.05, 0.1) is 5.69 Å². The molecule has 0 amide bonds. The van der Waals surface area contributed by atoms with Gasteiger partial charge in [0, 0.05) is 29.7 Å². The Morgan fingerprint density at radius 1 is 0.189 bits per heavy atom. The predicted molar refractivity (Wildman–Crippen MR) is 415 cm³/mol. The highest BCUT2D eigenvalue weighted by Gasteiger charge is 2.03. The Hall–Kier alpha value is -6.97. The van der Waals surface area contributed by atoms with Gasteiger partial charge in [-0.3, -0.25) is 4.98 Å². The van der Waals surface area contributed by atoms with Crippen molar-refractivity contribution < 1.29 is 0 Å². The van der Waals surface area contributed by atoms with E-state index in [0.29, 0.717) is 0 Å². The molecule has 0 spiro atoms. The number of benzene rings is 7. The zero-order chi connectivity index (χ0) is 69.5. The molecule has 0 radical (unpaired) electrons. The molecule has 2 heterocycles. The van der Waals surface area contributed by atoms with Crippen LogP contribution >= 0.6 is 0 Å². The average molecular weight is 1220 g/mol. The average Bonchev–Trinajstić information content (AvgIpc) is 3.52. The van der Waals surface area contributed by atoms with Crippen LogP contribution in [-0.4, -0.2) is 15.0 Å². The summed E-state index contributed by atoms with van der Waals surface area (Å²) in [6, 6.07) is 61.3. The minimum atomic E-state index is 0.805. The number of pyridine rings is 1. The van der Waals surface area contributed by atoms with E-state index in [1.807, 2.05) is 143 Å². The summed E-state index contributed by atoms with van der Waals surface area (Å²) in [7, 11) is 0. The minimum Gasteiger partial charge on any atom is -0.256 e. The first-order valence-electron chi connectivity index (χ1n) is 35.9. The van der Waals surface area contributed by atoms with Crippen molar-refractivity contribution >= 4 is 10.8 Å². The summed E-state index contributed by atoms with van der Waals surface area (Å²) in [5, 5.41) is 2.73. The Morgan fingerprint density at radius 2 is 0.400 bits per heavy atom. The van der Waals surface area contributed by atoms with E-state index in [1.165, 1.54) is 83.1 Å². The molecule has 9 aromatic rings. The van der Waals surface area contributed by atoms with Gasteiger partial charge < -0.3 is 0 Å². The molecule has 3 heteroatoms. The second kappa shape index (κ2) is 65.0. The number of aromatic nitrogens is 3. The van der Waals surface area contributed by atoms with Gasteiger partial charge in [-0.15, -0.1) is 0 Å². The molecule has 2 aromatic heterocycles. The van der Waals surface area contributed by atoms with Gasteiger partial charge in [0.2, 0.25) is 0 Å². The van der Waals surface area contributed by atoms with Crippen LogP contribution < -0.4 is 0 Å². The first-order valence-corrected chi connectivity index (χ1v) is 35.9. The Balaban J connectivity index is -0.000000316. The lowest BCUT2D eigenvalue weighted by molar-refractivity contribution is 1.05. The molecule has 3 nitrogen and oxygen atoms in total. The molecule has 90 heavy (non-hydrogen) atoms. The van der Waals surface area contributed by atoms with E-state index in [4.69, 9.17) is 0 Å². The minimum absolute atomic E-state index is 0.805. The van der Waals surface area contributed by atoms with Crippen molar-refractivity contribution in [1.29, 1.82) is 0 Å². The van der Waals surface area contributed by atoms with Crippen molar-refractivity contribution in [2.75, 3.05) is 0 Å². The SMILES string of the molecule is CC.CC.CC.CC.CC.CC.CC.CC.CC.CCc1ccc(-c2ccc(CC)cc2)cc1.CCc1ccc(-c2ccc(CC)cn2)cc1.CCc1ccc(-c2ncc(CC)cn2)cc1.CCc1ccc(CC)cc1.CCc1ccc2cc(CC)ccc2c1. The molecule has 498 valence electrons. The van der Waals surface area contributed by atoms with Gasteiger partial charge >= 0.3 is 0 Å². The molecule has 0 aliphatic carbocycles. The van der Waals surface area contributed by atoms with E-state index in [0.717, 1.165) is 81.3 Å². The lowest BCUT2D eigenvalue weighted by Gasteiger charge is -2.04. The molecular formula is C87H135N3. The molecule has 0 aliphatic rings. The Labute approximate surface area is 558 Å². The van der Waals surface area contributed by atoms with Crippen molar-refractivity contribution in [2.24, 2.45) is 0 Å². The fourth-order valence-electron chi connectivity index (χ4n) is 7.95. The van der Waals surface area contributed by atoms with Crippen LogP contribution in [0, 0.1) is 0 Å². The molecule has 0 bridgehead atoms. The summed E-state index contributed by atoms with van der Waals surface area (Å²) in [6.45, 7) is 57.7. The van der Waals surface area contributed by atoms with Crippen molar-refractivity contribution in [2.45, 2.75) is 258 Å². The number of aryl methyl sites for hydroxylation is 10. The quantitative estimate of drug-likeness (QED) is 0.115. The first-order chi connectivity index (χ1) is 44.2. The molecular weight excluding hydrogens is 1090 g/mol. The number of nitrogens with zero attached hydrogens (tertiary/aromatic N) is 3. The van der Waals surface area contributed by atoms with Crippen molar-refractivity contribution in [3.05, 3.63) is 244 Å². The first kappa shape index (κ1) is 91.8. The molecule has 0 atom stereocenters. The summed E-state index contributed by atoms with van der Waals surface area (Å²) in [5.41, 5.74) is 19.6. The van der Waals surface area contributed by atoms with E-state index < -0.39 is 0 Å². The topological polar surface area (TPSA) is 38.7 Å². The van der Waals surface area contributed by atoms with Crippen LogP contribution in [0.2, 0.25) is 0 Å². The smallest absolute Gasteiger partial charge is 0.159 e. The van der Waals surface area contributed by atoms with Crippen LogP contribution in [0.25, 0.3) is 44.5 Å². The highest BCUT2D eigenvalue weighted by atomic mass is 14.9. The van der Waals surface area contributed by atoms with E-state index in [1.54, 1.807) is 0 Å². The van der Waals surface area contributed by atoms with Crippen LogP contribution in [0.5, 0.6) is 0 Å². The molecule has 0 fully saturated rings. The molecule has 0 aliphatic heterocycles. The van der Waals surface area contributed by atoms with Crippen LogP contribution in [0.15, 0.2) is 188 Å². The van der Waals surface area contributed by atoms with E-state index in [9.17, 15) is 0 Å². The zero-order valence-electron chi connectivity index (χ0n) is 63.3. The number of hydrogen-bond acceptors (Lipinski definition) is 3. The second-order valence-electron chi connectivity index (χ2n) is 18.1. The third kappa shape index (κ3) is 37.9. The third-order valence-corrected chi connectivity index (χ3v) is 13.3. The van der Waals surface area contributed by atoms with Crippen LogP contribution in [-0.2, 0) is 64.2 Å². The van der Waals surface area contributed by atoms with Gasteiger partial charge in [-0.05, 0) is 148 Å².